The summed E-state index contributed by atoms with van der Waals surface area (Å²) in [6.07, 6.45) is 1.85. The zero-order chi connectivity index (χ0) is 13.8. The molecule has 0 aliphatic rings. The Balaban J connectivity index is 1.79. The average molecular weight is 260 g/mol. The normalized spacial score (nSPS) is 11.1. The van der Waals surface area contributed by atoms with Gasteiger partial charge in [-0.25, -0.2) is 0 Å². The van der Waals surface area contributed by atoms with Crippen LogP contribution in [-0.4, -0.2) is 6.21 Å². The standard InChI is InChI=1S/C18H16N2/c1-14-6-2-5-9-18(14)20-19-13-15-10-11-16-7-3-4-8-17(16)12-15/h2-13,20H,1H3/b19-13-. The van der Waals surface area contributed by atoms with Crippen molar-refractivity contribution in [3.8, 4) is 0 Å². The second-order valence-electron chi connectivity index (χ2n) is 4.79. The number of hydrogen-bond donors (Lipinski definition) is 1. The molecule has 0 fully saturated rings. The molecule has 0 radical (unpaired) electrons. The van der Waals surface area contributed by atoms with Crippen LogP contribution in [0.25, 0.3) is 10.8 Å². The molecule has 0 saturated heterocycles. The smallest absolute Gasteiger partial charge is 0.0590 e. The summed E-state index contributed by atoms with van der Waals surface area (Å²) in [6.45, 7) is 2.06. The van der Waals surface area contributed by atoms with E-state index in [9.17, 15) is 0 Å². The summed E-state index contributed by atoms with van der Waals surface area (Å²) < 4.78 is 0. The summed E-state index contributed by atoms with van der Waals surface area (Å²) in [6, 6.07) is 22.8. The van der Waals surface area contributed by atoms with E-state index >= 15 is 0 Å². The number of anilines is 1. The molecule has 0 heterocycles. The molecule has 0 saturated carbocycles. The highest BCUT2D eigenvalue weighted by atomic mass is 15.3. The molecule has 0 spiro atoms. The molecule has 0 bridgehead atoms. The van der Waals surface area contributed by atoms with Gasteiger partial charge >= 0.3 is 0 Å². The minimum absolute atomic E-state index is 1.03. The van der Waals surface area contributed by atoms with Crippen LogP contribution < -0.4 is 5.43 Å². The van der Waals surface area contributed by atoms with Gasteiger partial charge < -0.3 is 0 Å². The Labute approximate surface area is 118 Å². The third-order valence-corrected chi connectivity index (χ3v) is 3.32. The van der Waals surface area contributed by atoms with Crippen LogP contribution in [0.1, 0.15) is 11.1 Å². The van der Waals surface area contributed by atoms with Crippen LogP contribution >= 0.6 is 0 Å². The van der Waals surface area contributed by atoms with Crippen LogP contribution in [0.2, 0.25) is 0 Å². The number of benzene rings is 3. The van der Waals surface area contributed by atoms with Gasteiger partial charge in [0.2, 0.25) is 0 Å². The zero-order valence-electron chi connectivity index (χ0n) is 11.4. The van der Waals surface area contributed by atoms with Gasteiger partial charge in [0.05, 0.1) is 11.9 Å². The predicted octanol–water partition coefficient (Wildman–Crippen LogP) is 4.59. The Kier molecular flexibility index (Phi) is 3.46. The van der Waals surface area contributed by atoms with Crippen molar-refractivity contribution in [2.45, 2.75) is 6.92 Å². The van der Waals surface area contributed by atoms with Gasteiger partial charge in [-0.1, -0.05) is 54.6 Å². The molecule has 3 aromatic rings. The predicted molar refractivity (Wildman–Crippen MR) is 86.3 cm³/mol. The van der Waals surface area contributed by atoms with E-state index in [2.05, 4.69) is 66.0 Å². The summed E-state index contributed by atoms with van der Waals surface area (Å²) in [4.78, 5) is 0. The molecular weight excluding hydrogens is 244 g/mol. The van der Waals surface area contributed by atoms with Crippen molar-refractivity contribution in [2.75, 3.05) is 5.43 Å². The van der Waals surface area contributed by atoms with Crippen molar-refractivity contribution in [3.05, 3.63) is 77.9 Å². The fourth-order valence-corrected chi connectivity index (χ4v) is 2.16. The summed E-state index contributed by atoms with van der Waals surface area (Å²) in [5.41, 5.74) is 6.38. The number of fused-ring (bicyclic) bond motifs is 1. The molecule has 98 valence electrons. The first-order chi connectivity index (χ1) is 9.83. The minimum atomic E-state index is 1.03. The first kappa shape index (κ1) is 12.4. The van der Waals surface area contributed by atoms with E-state index in [1.807, 2.05) is 24.4 Å². The molecule has 3 rings (SSSR count). The Morgan fingerprint density at radius 1 is 0.850 bits per heavy atom. The second-order valence-corrected chi connectivity index (χ2v) is 4.79. The zero-order valence-corrected chi connectivity index (χ0v) is 11.4. The highest BCUT2D eigenvalue weighted by Gasteiger charge is 1.95. The Bertz CT molecular complexity index is 760. The van der Waals surface area contributed by atoms with E-state index < -0.39 is 0 Å². The molecule has 2 nitrogen and oxygen atoms in total. The highest BCUT2D eigenvalue weighted by molar-refractivity contribution is 5.90. The monoisotopic (exact) mass is 260 g/mol. The van der Waals surface area contributed by atoms with Crippen molar-refractivity contribution in [2.24, 2.45) is 5.10 Å². The first-order valence-electron chi connectivity index (χ1n) is 6.66. The summed E-state index contributed by atoms with van der Waals surface area (Å²) in [7, 11) is 0. The van der Waals surface area contributed by atoms with Gasteiger partial charge in [-0.05, 0) is 41.0 Å². The van der Waals surface area contributed by atoms with Crippen molar-refractivity contribution in [3.63, 3.8) is 0 Å². The van der Waals surface area contributed by atoms with Crippen LogP contribution in [0.4, 0.5) is 5.69 Å². The summed E-state index contributed by atoms with van der Waals surface area (Å²) in [5, 5.41) is 6.78. The molecule has 2 heteroatoms. The quantitative estimate of drug-likeness (QED) is 0.540. The van der Waals surface area contributed by atoms with Crippen LogP contribution in [0.3, 0.4) is 0 Å². The number of aryl methyl sites for hydroxylation is 1. The third-order valence-electron chi connectivity index (χ3n) is 3.32. The van der Waals surface area contributed by atoms with E-state index in [0.29, 0.717) is 0 Å². The van der Waals surface area contributed by atoms with Crippen molar-refractivity contribution >= 4 is 22.7 Å². The molecule has 0 amide bonds. The van der Waals surface area contributed by atoms with Gasteiger partial charge in [-0.2, -0.15) is 5.10 Å². The maximum atomic E-state index is 4.30. The van der Waals surface area contributed by atoms with Crippen LogP contribution in [-0.2, 0) is 0 Å². The maximum Gasteiger partial charge on any atom is 0.0590 e. The summed E-state index contributed by atoms with van der Waals surface area (Å²) >= 11 is 0. The summed E-state index contributed by atoms with van der Waals surface area (Å²) in [5.74, 6) is 0. The number of hydrazone groups is 1. The van der Waals surface area contributed by atoms with E-state index in [1.165, 1.54) is 16.3 Å². The van der Waals surface area contributed by atoms with Crippen LogP contribution in [0.15, 0.2) is 71.8 Å². The van der Waals surface area contributed by atoms with Crippen molar-refractivity contribution in [1.82, 2.24) is 0 Å². The van der Waals surface area contributed by atoms with E-state index in [-0.39, 0.29) is 0 Å². The molecule has 0 aromatic heterocycles. The van der Waals surface area contributed by atoms with Crippen LogP contribution in [0.5, 0.6) is 0 Å². The van der Waals surface area contributed by atoms with Gasteiger partial charge in [0.1, 0.15) is 0 Å². The Morgan fingerprint density at radius 2 is 1.60 bits per heavy atom. The number of rotatable bonds is 3. The molecule has 3 aromatic carbocycles. The molecule has 0 unspecified atom stereocenters. The molecular formula is C18H16N2. The van der Waals surface area contributed by atoms with Crippen LogP contribution in [0, 0.1) is 6.92 Å². The van der Waals surface area contributed by atoms with Gasteiger partial charge in [-0.15, -0.1) is 0 Å². The van der Waals surface area contributed by atoms with Crippen molar-refractivity contribution < 1.29 is 0 Å². The lowest BCUT2D eigenvalue weighted by Crippen LogP contribution is -1.92. The van der Waals surface area contributed by atoms with E-state index in [0.717, 1.165) is 11.3 Å². The lowest BCUT2D eigenvalue weighted by atomic mass is 10.1. The van der Waals surface area contributed by atoms with Crippen molar-refractivity contribution in [1.29, 1.82) is 0 Å². The minimum Gasteiger partial charge on any atom is -0.278 e. The molecule has 20 heavy (non-hydrogen) atoms. The fourth-order valence-electron chi connectivity index (χ4n) is 2.16. The second kappa shape index (κ2) is 5.57. The Hall–Kier alpha value is -2.61. The van der Waals surface area contributed by atoms with Gasteiger partial charge in [0, 0.05) is 0 Å². The largest absolute Gasteiger partial charge is 0.278 e. The van der Waals surface area contributed by atoms with Gasteiger partial charge in [-0.3, -0.25) is 5.43 Å². The molecule has 0 aliphatic carbocycles. The maximum absolute atomic E-state index is 4.30. The average Bonchev–Trinajstić information content (AvgIpc) is 2.49. The van der Waals surface area contributed by atoms with E-state index in [4.69, 9.17) is 0 Å². The van der Waals surface area contributed by atoms with Gasteiger partial charge in [0.15, 0.2) is 0 Å². The number of hydrogen-bond acceptors (Lipinski definition) is 2. The lowest BCUT2D eigenvalue weighted by Gasteiger charge is -2.03. The Morgan fingerprint density at radius 3 is 2.45 bits per heavy atom. The lowest BCUT2D eigenvalue weighted by molar-refractivity contribution is 1.31. The molecule has 0 atom stereocenters. The van der Waals surface area contributed by atoms with E-state index in [1.54, 1.807) is 0 Å². The first-order valence-corrected chi connectivity index (χ1v) is 6.66. The highest BCUT2D eigenvalue weighted by Crippen LogP contribution is 2.15. The number of para-hydroxylation sites is 1. The number of nitrogens with zero attached hydrogens (tertiary/aromatic N) is 1. The molecule has 1 N–H and O–H groups in total. The SMILES string of the molecule is Cc1ccccc1N/N=C\c1ccc2ccccc2c1. The third kappa shape index (κ3) is 2.69. The topological polar surface area (TPSA) is 24.4 Å². The number of nitrogens with one attached hydrogen (secondary N) is 1. The van der Waals surface area contributed by atoms with Gasteiger partial charge in [0.25, 0.3) is 0 Å². The fraction of sp³-hybridized carbons (Fsp3) is 0.0556. The molecule has 0 aliphatic heterocycles.